The molecule has 0 spiro atoms. The summed E-state index contributed by atoms with van der Waals surface area (Å²) >= 11 is 0. The van der Waals surface area contributed by atoms with Crippen LogP contribution in [0.4, 0.5) is 10.1 Å². The van der Waals surface area contributed by atoms with Crippen molar-refractivity contribution in [3.63, 3.8) is 0 Å². The number of rotatable bonds is 8. The number of hydrogen-bond acceptors (Lipinski definition) is 5. The van der Waals surface area contributed by atoms with Gasteiger partial charge in [-0.3, -0.25) is 4.79 Å². The van der Waals surface area contributed by atoms with E-state index in [-0.39, 0.29) is 22.7 Å². The number of benzene rings is 2. The molecule has 0 aliphatic heterocycles. The number of amides is 1. The average Bonchev–Trinajstić information content (AvgIpc) is 2.66. The highest BCUT2D eigenvalue weighted by atomic mass is 32.2. The number of hydrogen-bond donors (Lipinski definition) is 2. The average molecular weight is 406 g/mol. The van der Waals surface area contributed by atoms with Crippen molar-refractivity contribution >= 4 is 27.6 Å². The van der Waals surface area contributed by atoms with E-state index in [1.807, 2.05) is 0 Å². The number of halogens is 1. The standard InChI is InChI=1S/C19H19FN2O5S/c1-3-11-21-28(25,26)17-9-7-14(8-10-17)19(24)27-13(2)18(23)22-16-6-4-5-15(20)12-16/h3-10,12-13,21H,1,11H2,2H3,(H,22,23)/t13-/m1/s1. The summed E-state index contributed by atoms with van der Waals surface area (Å²) in [6.07, 6.45) is 0.257. The molecule has 0 aromatic heterocycles. The zero-order valence-electron chi connectivity index (χ0n) is 15.0. The summed E-state index contributed by atoms with van der Waals surface area (Å²) in [5, 5.41) is 2.44. The van der Waals surface area contributed by atoms with Crippen LogP contribution in [-0.4, -0.2) is 32.9 Å². The Labute approximate surface area is 162 Å². The molecule has 148 valence electrons. The lowest BCUT2D eigenvalue weighted by Crippen LogP contribution is -2.30. The number of nitrogens with one attached hydrogen (secondary N) is 2. The number of sulfonamides is 1. The van der Waals surface area contributed by atoms with E-state index in [4.69, 9.17) is 4.74 Å². The van der Waals surface area contributed by atoms with Gasteiger partial charge in [-0.05, 0) is 49.4 Å². The van der Waals surface area contributed by atoms with Crippen LogP contribution in [0, 0.1) is 5.82 Å². The van der Waals surface area contributed by atoms with E-state index in [2.05, 4.69) is 16.6 Å². The van der Waals surface area contributed by atoms with E-state index >= 15 is 0 Å². The molecular weight excluding hydrogens is 387 g/mol. The minimum absolute atomic E-state index is 0.0252. The molecule has 1 atom stereocenters. The highest BCUT2D eigenvalue weighted by Gasteiger charge is 2.20. The minimum atomic E-state index is -3.71. The second-order valence-electron chi connectivity index (χ2n) is 5.71. The maximum absolute atomic E-state index is 13.1. The lowest BCUT2D eigenvalue weighted by Gasteiger charge is -2.14. The molecule has 0 aliphatic rings. The molecule has 2 aromatic rings. The van der Waals surface area contributed by atoms with Crippen molar-refractivity contribution in [1.29, 1.82) is 0 Å². The lowest BCUT2D eigenvalue weighted by atomic mass is 10.2. The van der Waals surface area contributed by atoms with Gasteiger partial charge in [0.15, 0.2) is 6.10 Å². The number of ether oxygens (including phenoxy) is 1. The lowest BCUT2D eigenvalue weighted by molar-refractivity contribution is -0.123. The zero-order chi connectivity index (χ0) is 20.7. The maximum Gasteiger partial charge on any atom is 0.338 e. The molecule has 2 N–H and O–H groups in total. The van der Waals surface area contributed by atoms with Crippen molar-refractivity contribution in [3.05, 3.63) is 72.6 Å². The zero-order valence-corrected chi connectivity index (χ0v) is 15.8. The summed E-state index contributed by atoms with van der Waals surface area (Å²) in [4.78, 5) is 24.2. The first-order valence-corrected chi connectivity index (χ1v) is 9.69. The SMILES string of the molecule is C=CCNS(=O)(=O)c1ccc(C(=O)O[C@H](C)C(=O)Nc2cccc(F)c2)cc1. The van der Waals surface area contributed by atoms with Gasteiger partial charge in [-0.1, -0.05) is 12.1 Å². The first kappa shape index (κ1) is 21.3. The highest BCUT2D eigenvalue weighted by molar-refractivity contribution is 7.89. The summed E-state index contributed by atoms with van der Waals surface area (Å²) in [6, 6.07) is 10.3. The predicted octanol–water partition coefficient (Wildman–Crippen LogP) is 2.47. The van der Waals surface area contributed by atoms with E-state index in [9.17, 15) is 22.4 Å². The normalized spacial score (nSPS) is 12.1. The fraction of sp³-hybridized carbons (Fsp3) is 0.158. The molecule has 2 aromatic carbocycles. The number of carbonyl (C=O) groups is 2. The Hall–Kier alpha value is -3.04. The van der Waals surface area contributed by atoms with E-state index < -0.39 is 33.8 Å². The van der Waals surface area contributed by atoms with E-state index in [0.717, 1.165) is 6.07 Å². The van der Waals surface area contributed by atoms with Gasteiger partial charge in [-0.2, -0.15) is 0 Å². The van der Waals surface area contributed by atoms with Gasteiger partial charge >= 0.3 is 5.97 Å². The number of carbonyl (C=O) groups excluding carboxylic acids is 2. The van der Waals surface area contributed by atoms with Crippen molar-refractivity contribution in [2.45, 2.75) is 17.9 Å². The Morgan fingerprint density at radius 1 is 1.21 bits per heavy atom. The molecule has 9 heteroatoms. The summed E-state index contributed by atoms with van der Waals surface area (Å²) in [6.45, 7) is 4.87. The third kappa shape index (κ3) is 5.73. The smallest absolute Gasteiger partial charge is 0.338 e. The fourth-order valence-corrected chi connectivity index (χ4v) is 3.11. The van der Waals surface area contributed by atoms with E-state index in [0.29, 0.717) is 0 Å². The van der Waals surface area contributed by atoms with Gasteiger partial charge < -0.3 is 10.1 Å². The molecule has 0 aliphatic carbocycles. The minimum Gasteiger partial charge on any atom is -0.449 e. The van der Waals surface area contributed by atoms with Gasteiger partial charge in [0.25, 0.3) is 5.91 Å². The molecule has 0 saturated carbocycles. The molecule has 1 amide bonds. The molecule has 28 heavy (non-hydrogen) atoms. The van der Waals surface area contributed by atoms with Crippen LogP contribution in [0.25, 0.3) is 0 Å². The van der Waals surface area contributed by atoms with Gasteiger partial charge in [0.2, 0.25) is 10.0 Å². The third-order valence-corrected chi connectivity index (χ3v) is 5.00. The number of esters is 1. The van der Waals surface area contributed by atoms with Crippen LogP contribution in [0.1, 0.15) is 17.3 Å². The van der Waals surface area contributed by atoms with E-state index in [1.54, 1.807) is 0 Å². The Morgan fingerprint density at radius 2 is 1.89 bits per heavy atom. The van der Waals surface area contributed by atoms with Crippen LogP contribution in [0.3, 0.4) is 0 Å². The molecular formula is C19H19FN2O5S. The van der Waals surface area contributed by atoms with Crippen molar-refractivity contribution in [3.8, 4) is 0 Å². The Kier molecular flexibility index (Phi) is 7.02. The van der Waals surface area contributed by atoms with Crippen LogP contribution in [-0.2, 0) is 19.6 Å². The summed E-state index contributed by atoms with van der Waals surface area (Å²) in [5.41, 5.74) is 0.308. The monoisotopic (exact) mass is 406 g/mol. The molecule has 0 saturated heterocycles. The molecule has 2 rings (SSSR count). The van der Waals surface area contributed by atoms with Gasteiger partial charge in [0, 0.05) is 12.2 Å². The van der Waals surface area contributed by atoms with Gasteiger partial charge in [0.1, 0.15) is 5.82 Å². The van der Waals surface area contributed by atoms with Crippen molar-refractivity contribution in [1.82, 2.24) is 4.72 Å². The second kappa shape index (κ2) is 9.25. The number of anilines is 1. The highest BCUT2D eigenvalue weighted by Crippen LogP contribution is 2.13. The Morgan fingerprint density at radius 3 is 2.50 bits per heavy atom. The molecule has 0 fully saturated rings. The van der Waals surface area contributed by atoms with Gasteiger partial charge in [-0.25, -0.2) is 22.3 Å². The fourth-order valence-electron chi connectivity index (χ4n) is 2.11. The van der Waals surface area contributed by atoms with Gasteiger partial charge in [-0.15, -0.1) is 6.58 Å². The topological polar surface area (TPSA) is 102 Å². The quantitative estimate of drug-likeness (QED) is 0.518. The van der Waals surface area contributed by atoms with Crippen LogP contribution in [0.15, 0.2) is 66.1 Å². The largest absolute Gasteiger partial charge is 0.449 e. The first-order chi connectivity index (χ1) is 13.2. The third-order valence-electron chi connectivity index (χ3n) is 3.56. The summed E-state index contributed by atoms with van der Waals surface area (Å²) in [7, 11) is -3.71. The van der Waals surface area contributed by atoms with E-state index in [1.165, 1.54) is 55.5 Å². The van der Waals surface area contributed by atoms with Crippen LogP contribution in [0.2, 0.25) is 0 Å². The predicted molar refractivity (Wildman–Crippen MR) is 102 cm³/mol. The Bertz CT molecular complexity index is 974. The van der Waals surface area contributed by atoms with Crippen molar-refractivity contribution in [2.24, 2.45) is 0 Å². The Balaban J connectivity index is 1.99. The van der Waals surface area contributed by atoms with Crippen LogP contribution < -0.4 is 10.0 Å². The molecule has 0 bridgehead atoms. The molecule has 7 nitrogen and oxygen atoms in total. The van der Waals surface area contributed by atoms with Crippen LogP contribution >= 0.6 is 0 Å². The molecule has 0 heterocycles. The maximum atomic E-state index is 13.1. The van der Waals surface area contributed by atoms with Crippen molar-refractivity contribution in [2.75, 3.05) is 11.9 Å². The first-order valence-electron chi connectivity index (χ1n) is 8.21. The van der Waals surface area contributed by atoms with Crippen LogP contribution in [0.5, 0.6) is 0 Å². The molecule has 0 radical (unpaired) electrons. The molecule has 0 unspecified atom stereocenters. The summed E-state index contributed by atoms with van der Waals surface area (Å²) < 4.78 is 44.5. The summed E-state index contributed by atoms with van der Waals surface area (Å²) in [5.74, 6) is -1.95. The second-order valence-corrected chi connectivity index (χ2v) is 7.48. The van der Waals surface area contributed by atoms with Crippen molar-refractivity contribution < 1.29 is 27.1 Å². The van der Waals surface area contributed by atoms with Gasteiger partial charge in [0.05, 0.1) is 10.5 Å².